The van der Waals surface area contributed by atoms with Gasteiger partial charge < -0.3 is 0 Å². The first kappa shape index (κ1) is 93.4. The number of halogens is 13. The standard InChI is InChI=1S/C23H21F3N4O2S.C22H19F3N4O2S.C21H16F4N4O2S.C21H18F3N5O2S/c1-14(2)19-8-3-15(16-9-10-28-13-16)11-20(19)21-12-22(23(24,25)26)29-30(21)17-4-6-18(7-5-17)33(27,31)32;1-13-9-16(15-7-8-27-12-15)10-19(14(13)2)20-11-21(22(23,24)25)28-29(20)17-3-5-18(6-4-17)32(26,30)31;1-12-17(8-14(9-18(12)22)13-6-7-27-11-13)19-10-20(21(23,24)25)28-29(19)15-2-4-16(5-3-15)32(26,30)31;1-12-9-13(2)17(10-16(12)18-7-8-26-27-18)19-11-20(21(22,23)24)28-29(19)14-3-5-15(6-4-14)32(25,30)31/h3-12,14H,13H2,1-2H3,(H2,27,31,32);3-11H,12H2,1-2H3,(H2,26,30,31);2-10H,11H2,1H3,(H2,26,30,31);3-11H,1-2H3,(H,26,27)(H2,25,30,31). The van der Waals surface area contributed by atoms with Crippen LogP contribution in [0.3, 0.4) is 0 Å². The summed E-state index contributed by atoms with van der Waals surface area (Å²) in [5, 5.41) is 42.3. The lowest BCUT2D eigenvalue weighted by Crippen LogP contribution is -2.12. The highest BCUT2D eigenvalue weighted by Gasteiger charge is 2.40. The van der Waals surface area contributed by atoms with Gasteiger partial charge in [-0.3, -0.25) is 20.1 Å². The van der Waals surface area contributed by atoms with Crippen LogP contribution >= 0.6 is 0 Å². The van der Waals surface area contributed by atoms with E-state index in [4.69, 9.17) is 20.6 Å². The van der Waals surface area contributed by atoms with E-state index in [0.29, 0.717) is 41.9 Å². The predicted octanol–water partition coefficient (Wildman–Crippen LogP) is 17.4. The first-order chi connectivity index (χ1) is 60.3. The summed E-state index contributed by atoms with van der Waals surface area (Å²) < 4.78 is 274. The first-order valence-corrected chi connectivity index (χ1v) is 44.5. The lowest BCUT2D eigenvalue weighted by atomic mass is 9.91. The second-order valence-corrected chi connectivity index (χ2v) is 36.2. The monoisotopic (exact) mass is 1860 g/mol. The van der Waals surface area contributed by atoms with E-state index in [1.165, 1.54) is 107 Å². The third-order valence-corrected chi connectivity index (χ3v) is 24.5. The quantitative estimate of drug-likeness (QED) is 0.0530. The molecule has 0 unspecified atom stereocenters. The second kappa shape index (κ2) is 35.8. The number of aryl methyl sites for hydroxylation is 3. The van der Waals surface area contributed by atoms with Gasteiger partial charge in [0, 0.05) is 52.7 Å². The van der Waals surface area contributed by atoms with Crippen LogP contribution in [0.4, 0.5) is 57.1 Å². The molecule has 0 atom stereocenters. The number of allylic oxidation sites excluding steroid dienone is 3. The van der Waals surface area contributed by atoms with Crippen LogP contribution in [0.25, 0.3) is 95.8 Å². The van der Waals surface area contributed by atoms with E-state index >= 15 is 0 Å². The van der Waals surface area contributed by atoms with Crippen LogP contribution in [-0.2, 0) is 64.8 Å². The molecule has 13 aromatic rings. The Morgan fingerprint density at radius 2 is 0.667 bits per heavy atom. The molecule has 9 N–H and O–H groups in total. The van der Waals surface area contributed by atoms with Gasteiger partial charge in [-0.25, -0.2) is 77.3 Å². The molecule has 0 saturated heterocycles. The maximum absolute atomic E-state index is 14.7. The largest absolute Gasteiger partial charge is 0.435 e. The van der Waals surface area contributed by atoms with Gasteiger partial charge in [-0.05, 0) is 283 Å². The zero-order valence-corrected chi connectivity index (χ0v) is 71.8. The van der Waals surface area contributed by atoms with Crippen LogP contribution in [0.15, 0.2) is 241 Å². The molecule has 0 radical (unpaired) electrons. The number of hydrogen-bond acceptors (Lipinski definition) is 16. The van der Waals surface area contributed by atoms with Crippen LogP contribution in [0.2, 0.25) is 0 Å². The van der Waals surface area contributed by atoms with E-state index in [-0.39, 0.29) is 82.2 Å². The Labute approximate surface area is 729 Å². The molecule has 25 nitrogen and oxygen atoms in total. The summed E-state index contributed by atoms with van der Waals surface area (Å²) in [7, 11) is -15.8. The van der Waals surface area contributed by atoms with E-state index in [1.54, 1.807) is 56.0 Å². The zero-order chi connectivity index (χ0) is 93.7. The number of benzene rings is 8. The van der Waals surface area contributed by atoms with Gasteiger partial charge in [-0.1, -0.05) is 38.1 Å². The molecule has 0 spiro atoms. The highest BCUT2D eigenvalue weighted by atomic mass is 32.2. The predicted molar refractivity (Wildman–Crippen MR) is 461 cm³/mol. The lowest BCUT2D eigenvalue weighted by molar-refractivity contribution is -0.142. The smallest absolute Gasteiger partial charge is 0.288 e. The topological polar surface area (TPSA) is 378 Å². The van der Waals surface area contributed by atoms with Crippen LogP contribution in [0, 0.1) is 40.4 Å². The van der Waals surface area contributed by atoms with Gasteiger partial charge in [0.05, 0.1) is 90.4 Å². The number of aromatic nitrogens is 10. The van der Waals surface area contributed by atoms with Crippen molar-refractivity contribution >= 4 is 75.5 Å². The third-order valence-electron chi connectivity index (χ3n) is 20.8. The molecule has 670 valence electrons. The van der Waals surface area contributed by atoms with E-state index in [9.17, 15) is 90.7 Å². The molecule has 5 aromatic heterocycles. The fraction of sp³-hybridized carbons (Fsp3) is 0.172. The molecule has 129 heavy (non-hydrogen) atoms. The van der Waals surface area contributed by atoms with Crippen molar-refractivity contribution in [3.8, 4) is 79.0 Å². The van der Waals surface area contributed by atoms with Gasteiger partial charge in [0.25, 0.3) is 0 Å². The minimum absolute atomic E-state index is 0.00144. The summed E-state index contributed by atoms with van der Waals surface area (Å²) in [6.45, 7) is 14.2. The molecule has 0 amide bonds. The van der Waals surface area contributed by atoms with Crippen molar-refractivity contribution in [1.82, 2.24) is 49.3 Å². The van der Waals surface area contributed by atoms with E-state index < -0.39 is 93.4 Å². The van der Waals surface area contributed by atoms with Crippen molar-refractivity contribution in [2.24, 2.45) is 35.5 Å². The number of rotatable bonds is 17. The maximum Gasteiger partial charge on any atom is 0.435 e. The fourth-order valence-corrected chi connectivity index (χ4v) is 16.2. The summed E-state index contributed by atoms with van der Waals surface area (Å²) in [6.07, 6.45) is -6.69. The number of aromatic amines is 1. The van der Waals surface area contributed by atoms with E-state index in [2.05, 4.69) is 45.6 Å². The van der Waals surface area contributed by atoms with Crippen LogP contribution < -0.4 is 20.6 Å². The summed E-state index contributed by atoms with van der Waals surface area (Å²) in [5.74, 6) is -0.554. The van der Waals surface area contributed by atoms with Crippen molar-refractivity contribution in [1.29, 1.82) is 0 Å². The Morgan fingerprint density at radius 1 is 0.349 bits per heavy atom. The second-order valence-electron chi connectivity index (χ2n) is 30.0. The Morgan fingerprint density at radius 3 is 0.984 bits per heavy atom. The van der Waals surface area contributed by atoms with Crippen molar-refractivity contribution in [3.63, 3.8) is 0 Å². The summed E-state index contributed by atoms with van der Waals surface area (Å²) in [5.41, 5.74) is 10.1. The van der Waals surface area contributed by atoms with Gasteiger partial charge in [-0.2, -0.15) is 78.2 Å². The number of aliphatic imine (C=N–C) groups is 3. The molecule has 3 aliphatic rings. The molecular weight excluding hydrogens is 1790 g/mol. The van der Waals surface area contributed by atoms with Gasteiger partial charge in [0.1, 0.15) is 5.82 Å². The number of nitrogens with two attached hydrogens (primary N) is 4. The van der Waals surface area contributed by atoms with Crippen LogP contribution in [0.5, 0.6) is 0 Å². The number of nitrogens with zero attached hydrogens (tertiary/aromatic N) is 12. The van der Waals surface area contributed by atoms with E-state index in [1.807, 2.05) is 83.2 Å². The average Bonchev–Trinajstić information content (AvgIpc) is 1.65. The van der Waals surface area contributed by atoms with Gasteiger partial charge in [0.2, 0.25) is 40.1 Å². The van der Waals surface area contributed by atoms with Crippen molar-refractivity contribution in [3.05, 3.63) is 285 Å². The normalized spacial score (nSPS) is 13.7. The Balaban J connectivity index is 0.000000147. The number of H-pyrrole nitrogens is 1. The average molecular weight is 1860 g/mol. The molecule has 42 heteroatoms. The Bertz CT molecular complexity index is 7000. The number of hydrogen-bond donors (Lipinski definition) is 5. The molecule has 0 fully saturated rings. The molecule has 8 aromatic carbocycles. The number of alkyl halides is 12. The molecule has 0 aliphatic carbocycles. The van der Waals surface area contributed by atoms with Gasteiger partial charge in [0.15, 0.2) is 22.8 Å². The van der Waals surface area contributed by atoms with Crippen LogP contribution in [-0.4, -0.2) is 121 Å². The van der Waals surface area contributed by atoms with Gasteiger partial charge >= 0.3 is 24.7 Å². The van der Waals surface area contributed by atoms with Crippen molar-refractivity contribution in [2.75, 3.05) is 19.6 Å². The molecule has 0 saturated carbocycles. The maximum atomic E-state index is 14.7. The Kier molecular flexibility index (Phi) is 25.9. The highest BCUT2D eigenvalue weighted by Crippen LogP contribution is 2.44. The zero-order valence-electron chi connectivity index (χ0n) is 68.5. The van der Waals surface area contributed by atoms with Crippen molar-refractivity contribution < 1.29 is 90.7 Å². The lowest BCUT2D eigenvalue weighted by Gasteiger charge is -2.17. The minimum Gasteiger partial charge on any atom is -0.288 e. The molecule has 16 rings (SSSR count). The van der Waals surface area contributed by atoms with E-state index in [0.717, 1.165) is 113 Å². The SMILES string of the molecule is CC(C)c1ccc(C2=CC=NC2)cc1-c1cc(C(F)(F)F)nn1-c1ccc(S(N)(=O)=O)cc1.Cc1c(F)cc(C2=CC=NC2)cc1-c1cc(C(F)(F)F)nn1-c1ccc(S(N)(=O)=O)cc1.Cc1cc(C)c(-c2cc(C(F)(F)F)nn2-c2ccc(S(N)(=O)=O)cc2)cc1-c1ccn[nH]1.Cc1cc(C2=CC=NC2)cc(-c2cc(C(F)(F)F)nn2-c2ccc(S(N)(=O)=O)cc2)c1C. The summed E-state index contributed by atoms with van der Waals surface area (Å²) in [6, 6.07) is 42.1. The summed E-state index contributed by atoms with van der Waals surface area (Å²) in [4.78, 5) is 11.8. The van der Waals surface area contributed by atoms with Crippen molar-refractivity contribution in [2.45, 2.75) is 98.7 Å². The highest BCUT2D eigenvalue weighted by molar-refractivity contribution is 7.90. The molecule has 3 aliphatic heterocycles. The minimum atomic E-state index is -4.74. The summed E-state index contributed by atoms with van der Waals surface area (Å²) >= 11 is 0. The molecule has 8 heterocycles. The number of primary sulfonamides is 4. The van der Waals surface area contributed by atoms with Crippen LogP contribution in [0.1, 0.15) is 92.6 Å². The third kappa shape index (κ3) is 21.0. The Hall–Kier alpha value is -13.2. The number of sulfonamides is 4. The van der Waals surface area contributed by atoms with Gasteiger partial charge in [-0.15, -0.1) is 0 Å². The molecule has 0 bridgehead atoms. The molecular formula is C87H74F13N17O8S4. The fourth-order valence-electron chi connectivity index (χ4n) is 14.1. The number of nitrogens with one attached hydrogen (secondary N) is 1. The first-order valence-electron chi connectivity index (χ1n) is 38.3.